The maximum atomic E-state index is 6.10. The Morgan fingerprint density at radius 1 is 0.955 bits per heavy atom. The van der Waals surface area contributed by atoms with E-state index in [-0.39, 0.29) is 0 Å². The SMILES string of the molecule is CCCCc1oc2ccccc2c1-c1ccc(OCC)cc1. The number of furan rings is 1. The minimum absolute atomic E-state index is 0.690. The Kier molecular flexibility index (Phi) is 4.47. The van der Waals surface area contributed by atoms with Crippen molar-refractivity contribution in [3.05, 3.63) is 54.3 Å². The summed E-state index contributed by atoms with van der Waals surface area (Å²) in [6, 6.07) is 16.6. The minimum Gasteiger partial charge on any atom is -0.494 e. The lowest BCUT2D eigenvalue weighted by Gasteiger charge is -2.06. The zero-order valence-corrected chi connectivity index (χ0v) is 13.3. The van der Waals surface area contributed by atoms with Crippen LogP contribution in [0.1, 0.15) is 32.4 Å². The summed E-state index contributed by atoms with van der Waals surface area (Å²) in [7, 11) is 0. The molecule has 0 N–H and O–H groups in total. The lowest BCUT2D eigenvalue weighted by Crippen LogP contribution is -1.91. The van der Waals surface area contributed by atoms with E-state index in [1.165, 1.54) is 22.9 Å². The van der Waals surface area contributed by atoms with E-state index in [2.05, 4.69) is 31.2 Å². The van der Waals surface area contributed by atoms with Gasteiger partial charge in [0, 0.05) is 17.4 Å². The number of rotatable bonds is 6. The highest BCUT2D eigenvalue weighted by Gasteiger charge is 2.15. The Bertz CT molecular complexity index is 738. The van der Waals surface area contributed by atoms with Crippen LogP contribution in [0.25, 0.3) is 22.1 Å². The van der Waals surface area contributed by atoms with Gasteiger partial charge in [-0.3, -0.25) is 0 Å². The van der Waals surface area contributed by atoms with Crippen molar-refractivity contribution in [3.8, 4) is 16.9 Å². The zero-order valence-electron chi connectivity index (χ0n) is 13.3. The fourth-order valence-corrected chi connectivity index (χ4v) is 2.81. The largest absolute Gasteiger partial charge is 0.494 e. The van der Waals surface area contributed by atoms with Gasteiger partial charge < -0.3 is 9.15 Å². The summed E-state index contributed by atoms with van der Waals surface area (Å²) in [6.45, 7) is 4.90. The highest BCUT2D eigenvalue weighted by atomic mass is 16.5. The Labute approximate surface area is 131 Å². The lowest BCUT2D eigenvalue weighted by molar-refractivity contribution is 0.340. The number of unbranched alkanes of at least 4 members (excludes halogenated alkanes) is 1. The Hall–Kier alpha value is -2.22. The first-order chi connectivity index (χ1) is 10.8. The van der Waals surface area contributed by atoms with Crippen LogP contribution in [0.2, 0.25) is 0 Å². The van der Waals surface area contributed by atoms with E-state index in [1.807, 2.05) is 31.2 Å². The molecule has 0 spiro atoms. The summed E-state index contributed by atoms with van der Waals surface area (Å²) < 4.78 is 11.6. The number of hydrogen-bond donors (Lipinski definition) is 0. The van der Waals surface area contributed by atoms with Gasteiger partial charge in [0.25, 0.3) is 0 Å². The van der Waals surface area contributed by atoms with Gasteiger partial charge >= 0.3 is 0 Å². The molecular formula is C20H22O2. The number of fused-ring (bicyclic) bond motifs is 1. The van der Waals surface area contributed by atoms with E-state index >= 15 is 0 Å². The fraction of sp³-hybridized carbons (Fsp3) is 0.300. The normalized spacial score (nSPS) is 11.0. The summed E-state index contributed by atoms with van der Waals surface area (Å²) in [5, 5.41) is 1.19. The molecule has 3 aromatic rings. The van der Waals surface area contributed by atoms with Crippen LogP contribution in [0.5, 0.6) is 5.75 Å². The van der Waals surface area contributed by atoms with E-state index in [1.54, 1.807) is 0 Å². The van der Waals surface area contributed by atoms with Crippen molar-refractivity contribution in [2.24, 2.45) is 0 Å². The Balaban J connectivity index is 2.06. The standard InChI is InChI=1S/C20H22O2/c1-3-5-9-19-20(17-8-6-7-10-18(17)22-19)15-11-13-16(14-12-15)21-4-2/h6-8,10-14H,3-5,9H2,1-2H3. The third-order valence-corrected chi connectivity index (χ3v) is 3.88. The zero-order chi connectivity index (χ0) is 15.4. The van der Waals surface area contributed by atoms with Crippen molar-refractivity contribution in [2.75, 3.05) is 6.61 Å². The molecule has 0 fully saturated rings. The van der Waals surface area contributed by atoms with Crippen LogP contribution < -0.4 is 4.74 Å². The quantitative estimate of drug-likeness (QED) is 0.569. The summed E-state index contributed by atoms with van der Waals surface area (Å²) in [6.07, 6.45) is 3.29. The van der Waals surface area contributed by atoms with Crippen LogP contribution >= 0.6 is 0 Å². The van der Waals surface area contributed by atoms with Gasteiger partial charge in [-0.2, -0.15) is 0 Å². The molecule has 0 aliphatic rings. The van der Waals surface area contributed by atoms with Gasteiger partial charge in [-0.25, -0.2) is 0 Å². The number of hydrogen-bond acceptors (Lipinski definition) is 2. The third-order valence-electron chi connectivity index (χ3n) is 3.88. The molecule has 0 saturated carbocycles. The fourth-order valence-electron chi connectivity index (χ4n) is 2.81. The molecule has 1 aromatic heterocycles. The van der Waals surface area contributed by atoms with Crippen molar-refractivity contribution >= 4 is 11.0 Å². The van der Waals surface area contributed by atoms with Gasteiger partial charge in [0.05, 0.1) is 6.61 Å². The molecular weight excluding hydrogens is 272 g/mol. The van der Waals surface area contributed by atoms with E-state index in [0.29, 0.717) is 6.61 Å². The molecule has 0 aliphatic heterocycles. The average Bonchev–Trinajstić information content (AvgIpc) is 2.92. The molecule has 2 nitrogen and oxygen atoms in total. The van der Waals surface area contributed by atoms with Crippen molar-refractivity contribution in [3.63, 3.8) is 0 Å². The first kappa shape index (κ1) is 14.7. The molecule has 2 heteroatoms. The molecule has 0 saturated heterocycles. The molecule has 114 valence electrons. The topological polar surface area (TPSA) is 22.4 Å². The highest BCUT2D eigenvalue weighted by molar-refractivity contribution is 5.95. The molecule has 2 aromatic carbocycles. The Morgan fingerprint density at radius 2 is 1.73 bits per heavy atom. The number of para-hydroxylation sites is 1. The number of aryl methyl sites for hydroxylation is 1. The van der Waals surface area contributed by atoms with E-state index in [9.17, 15) is 0 Å². The van der Waals surface area contributed by atoms with Gasteiger partial charge in [-0.1, -0.05) is 43.7 Å². The average molecular weight is 294 g/mol. The molecule has 0 aliphatic carbocycles. The highest BCUT2D eigenvalue weighted by Crippen LogP contribution is 2.36. The minimum atomic E-state index is 0.690. The molecule has 1 heterocycles. The molecule has 3 rings (SSSR count). The van der Waals surface area contributed by atoms with Gasteiger partial charge in [-0.05, 0) is 37.1 Å². The Morgan fingerprint density at radius 3 is 2.45 bits per heavy atom. The van der Waals surface area contributed by atoms with Crippen LogP contribution in [0.3, 0.4) is 0 Å². The summed E-state index contributed by atoms with van der Waals surface area (Å²) in [5.41, 5.74) is 3.39. The van der Waals surface area contributed by atoms with Crippen molar-refractivity contribution in [1.82, 2.24) is 0 Å². The maximum Gasteiger partial charge on any atom is 0.134 e. The van der Waals surface area contributed by atoms with Gasteiger partial charge in [-0.15, -0.1) is 0 Å². The van der Waals surface area contributed by atoms with Crippen molar-refractivity contribution < 1.29 is 9.15 Å². The van der Waals surface area contributed by atoms with Crippen LogP contribution in [0.15, 0.2) is 52.9 Å². The number of ether oxygens (including phenoxy) is 1. The van der Waals surface area contributed by atoms with E-state index in [0.717, 1.165) is 29.9 Å². The maximum absolute atomic E-state index is 6.10. The molecule has 0 unspecified atom stereocenters. The third kappa shape index (κ3) is 2.87. The van der Waals surface area contributed by atoms with Crippen LogP contribution in [0, 0.1) is 0 Å². The molecule has 0 atom stereocenters. The summed E-state index contributed by atoms with van der Waals surface area (Å²) >= 11 is 0. The van der Waals surface area contributed by atoms with Crippen LogP contribution in [0.4, 0.5) is 0 Å². The monoisotopic (exact) mass is 294 g/mol. The summed E-state index contributed by atoms with van der Waals surface area (Å²) in [4.78, 5) is 0. The summed E-state index contributed by atoms with van der Waals surface area (Å²) in [5.74, 6) is 2.00. The van der Waals surface area contributed by atoms with Gasteiger partial charge in [0.2, 0.25) is 0 Å². The van der Waals surface area contributed by atoms with Gasteiger partial charge in [0.15, 0.2) is 0 Å². The molecule has 0 radical (unpaired) electrons. The molecule has 0 bridgehead atoms. The molecule has 22 heavy (non-hydrogen) atoms. The lowest BCUT2D eigenvalue weighted by atomic mass is 9.99. The van der Waals surface area contributed by atoms with Crippen molar-refractivity contribution in [2.45, 2.75) is 33.1 Å². The van der Waals surface area contributed by atoms with Crippen LogP contribution in [-0.2, 0) is 6.42 Å². The predicted octanol–water partition coefficient (Wildman–Crippen LogP) is 5.84. The van der Waals surface area contributed by atoms with Crippen molar-refractivity contribution in [1.29, 1.82) is 0 Å². The van der Waals surface area contributed by atoms with E-state index < -0.39 is 0 Å². The second-order valence-electron chi connectivity index (χ2n) is 5.46. The number of benzene rings is 2. The van der Waals surface area contributed by atoms with Gasteiger partial charge in [0.1, 0.15) is 17.1 Å². The first-order valence-corrected chi connectivity index (χ1v) is 8.07. The predicted molar refractivity (Wildman–Crippen MR) is 91.4 cm³/mol. The molecule has 0 amide bonds. The first-order valence-electron chi connectivity index (χ1n) is 8.07. The van der Waals surface area contributed by atoms with E-state index in [4.69, 9.17) is 9.15 Å². The van der Waals surface area contributed by atoms with Crippen LogP contribution in [-0.4, -0.2) is 6.61 Å². The second kappa shape index (κ2) is 6.69. The second-order valence-corrected chi connectivity index (χ2v) is 5.46. The smallest absolute Gasteiger partial charge is 0.134 e.